The summed E-state index contributed by atoms with van der Waals surface area (Å²) in [6, 6.07) is 6.57. The van der Waals surface area contributed by atoms with Gasteiger partial charge < -0.3 is 15.2 Å². The lowest BCUT2D eigenvalue weighted by Crippen LogP contribution is -2.06. The molecule has 0 aliphatic rings. The number of aromatic hydroxyl groups is 1. The van der Waals surface area contributed by atoms with E-state index in [0.717, 1.165) is 0 Å². The molecule has 0 saturated heterocycles. The van der Waals surface area contributed by atoms with Crippen LogP contribution in [0.3, 0.4) is 0 Å². The predicted octanol–water partition coefficient (Wildman–Crippen LogP) is 2.10. The van der Waals surface area contributed by atoms with Crippen LogP contribution in [0.4, 0.5) is 11.6 Å². The lowest BCUT2D eigenvalue weighted by molar-refractivity contribution is 0.0525. The van der Waals surface area contributed by atoms with Gasteiger partial charge in [-0.25, -0.2) is 14.8 Å². The molecule has 1 aromatic heterocycles. The molecule has 0 spiro atoms. The zero-order chi connectivity index (χ0) is 13.7. The third kappa shape index (κ3) is 3.41. The van der Waals surface area contributed by atoms with E-state index >= 15 is 0 Å². The number of aromatic nitrogens is 2. The van der Waals surface area contributed by atoms with E-state index in [4.69, 9.17) is 4.74 Å². The number of rotatable bonds is 4. The number of hydrogen-bond acceptors (Lipinski definition) is 6. The lowest BCUT2D eigenvalue weighted by atomic mass is 10.3. The summed E-state index contributed by atoms with van der Waals surface area (Å²) in [5.41, 5.74) is 0.951. The van der Waals surface area contributed by atoms with Crippen molar-refractivity contribution < 1.29 is 14.6 Å². The molecule has 2 aromatic rings. The summed E-state index contributed by atoms with van der Waals surface area (Å²) in [7, 11) is 0. The first-order valence-electron chi connectivity index (χ1n) is 5.74. The van der Waals surface area contributed by atoms with Crippen molar-refractivity contribution in [3.05, 3.63) is 42.2 Å². The van der Waals surface area contributed by atoms with Gasteiger partial charge in [-0.15, -0.1) is 0 Å². The molecule has 0 atom stereocenters. The summed E-state index contributed by atoms with van der Waals surface area (Å²) in [4.78, 5) is 19.4. The second kappa shape index (κ2) is 5.81. The Hall–Kier alpha value is -2.63. The van der Waals surface area contributed by atoms with Crippen LogP contribution in [0.1, 0.15) is 17.3 Å². The largest absolute Gasteiger partial charge is 0.508 e. The van der Waals surface area contributed by atoms with E-state index in [0.29, 0.717) is 23.8 Å². The molecule has 6 heteroatoms. The van der Waals surface area contributed by atoms with Gasteiger partial charge in [-0.2, -0.15) is 0 Å². The van der Waals surface area contributed by atoms with Crippen molar-refractivity contribution in [1.82, 2.24) is 9.97 Å². The van der Waals surface area contributed by atoms with Gasteiger partial charge >= 0.3 is 5.97 Å². The number of ether oxygens (including phenoxy) is 1. The highest BCUT2D eigenvalue weighted by atomic mass is 16.5. The van der Waals surface area contributed by atoms with Crippen LogP contribution in [-0.4, -0.2) is 27.7 Å². The minimum atomic E-state index is -0.452. The highest BCUT2D eigenvalue weighted by molar-refractivity contribution is 5.88. The molecule has 0 bridgehead atoms. The number of anilines is 2. The fourth-order valence-electron chi connectivity index (χ4n) is 1.43. The molecule has 0 aliphatic carbocycles. The van der Waals surface area contributed by atoms with E-state index < -0.39 is 5.97 Å². The Morgan fingerprint density at radius 3 is 2.74 bits per heavy atom. The van der Waals surface area contributed by atoms with Gasteiger partial charge in [0.1, 0.15) is 5.75 Å². The smallest absolute Gasteiger partial charge is 0.341 e. The van der Waals surface area contributed by atoms with Crippen LogP contribution >= 0.6 is 0 Å². The van der Waals surface area contributed by atoms with Crippen molar-refractivity contribution in [2.24, 2.45) is 0 Å². The van der Waals surface area contributed by atoms with Crippen molar-refractivity contribution in [3.8, 4) is 5.75 Å². The van der Waals surface area contributed by atoms with Gasteiger partial charge in [0.25, 0.3) is 0 Å². The first kappa shape index (κ1) is 12.8. The van der Waals surface area contributed by atoms with E-state index in [1.54, 1.807) is 31.2 Å². The van der Waals surface area contributed by atoms with Gasteiger partial charge in [0.2, 0.25) is 5.95 Å². The summed E-state index contributed by atoms with van der Waals surface area (Å²) >= 11 is 0. The second-order valence-electron chi connectivity index (χ2n) is 3.69. The monoisotopic (exact) mass is 259 g/mol. The number of esters is 1. The van der Waals surface area contributed by atoms with Crippen molar-refractivity contribution in [2.75, 3.05) is 11.9 Å². The fourth-order valence-corrected chi connectivity index (χ4v) is 1.43. The van der Waals surface area contributed by atoms with Gasteiger partial charge in [0.05, 0.1) is 12.2 Å². The maximum Gasteiger partial charge on any atom is 0.341 e. The summed E-state index contributed by atoms with van der Waals surface area (Å²) in [6.07, 6.45) is 2.77. The quantitative estimate of drug-likeness (QED) is 0.818. The van der Waals surface area contributed by atoms with Crippen molar-refractivity contribution in [3.63, 3.8) is 0 Å². The Bertz CT molecular complexity index is 570. The minimum Gasteiger partial charge on any atom is -0.508 e. The summed E-state index contributed by atoms with van der Waals surface area (Å²) < 4.78 is 4.83. The zero-order valence-corrected chi connectivity index (χ0v) is 10.3. The van der Waals surface area contributed by atoms with Crippen LogP contribution in [-0.2, 0) is 4.74 Å². The number of phenolic OH excluding ortho intramolecular Hbond substituents is 1. The van der Waals surface area contributed by atoms with Crippen LogP contribution in [0.2, 0.25) is 0 Å². The maximum atomic E-state index is 11.4. The van der Waals surface area contributed by atoms with Crippen LogP contribution in [0, 0.1) is 0 Å². The molecular formula is C13H13N3O3. The molecular weight excluding hydrogens is 246 g/mol. The first-order valence-corrected chi connectivity index (χ1v) is 5.74. The van der Waals surface area contributed by atoms with Gasteiger partial charge in [0, 0.05) is 24.1 Å². The van der Waals surface area contributed by atoms with Crippen LogP contribution in [0.5, 0.6) is 5.75 Å². The van der Waals surface area contributed by atoms with Gasteiger partial charge in [-0.05, 0) is 19.1 Å². The van der Waals surface area contributed by atoms with E-state index in [1.807, 2.05) is 0 Å². The molecule has 19 heavy (non-hydrogen) atoms. The number of carbonyl (C=O) groups excluding carboxylic acids is 1. The number of benzene rings is 1. The fraction of sp³-hybridized carbons (Fsp3) is 0.154. The van der Waals surface area contributed by atoms with Gasteiger partial charge in [-0.3, -0.25) is 0 Å². The Kier molecular flexibility index (Phi) is 3.92. The third-order valence-corrected chi connectivity index (χ3v) is 2.27. The number of nitrogens with zero attached hydrogens (tertiary/aromatic N) is 2. The molecule has 6 nitrogen and oxygen atoms in total. The van der Waals surface area contributed by atoms with Crippen molar-refractivity contribution >= 4 is 17.6 Å². The molecule has 0 aliphatic heterocycles. The molecule has 0 fully saturated rings. The summed E-state index contributed by atoms with van der Waals surface area (Å²) in [6.45, 7) is 2.04. The Morgan fingerprint density at radius 2 is 2.11 bits per heavy atom. The standard InChI is InChI=1S/C13H13N3O3/c1-2-19-12(18)9-7-14-13(15-8-9)16-10-4-3-5-11(17)6-10/h3-8,17H,2H2,1H3,(H,14,15,16). The lowest BCUT2D eigenvalue weighted by Gasteiger charge is -2.05. The molecule has 1 aromatic carbocycles. The SMILES string of the molecule is CCOC(=O)c1cnc(Nc2cccc(O)c2)nc1. The topological polar surface area (TPSA) is 84.3 Å². The van der Waals surface area contributed by atoms with Crippen LogP contribution < -0.4 is 5.32 Å². The maximum absolute atomic E-state index is 11.4. The highest BCUT2D eigenvalue weighted by Crippen LogP contribution is 2.18. The highest BCUT2D eigenvalue weighted by Gasteiger charge is 2.07. The number of nitrogens with one attached hydrogen (secondary N) is 1. The Balaban J connectivity index is 2.08. The van der Waals surface area contributed by atoms with Crippen molar-refractivity contribution in [2.45, 2.75) is 6.92 Å². The van der Waals surface area contributed by atoms with Crippen LogP contribution in [0.15, 0.2) is 36.7 Å². The minimum absolute atomic E-state index is 0.146. The predicted molar refractivity (Wildman–Crippen MR) is 69.4 cm³/mol. The Morgan fingerprint density at radius 1 is 1.37 bits per heavy atom. The molecule has 0 saturated carbocycles. The number of hydrogen-bond donors (Lipinski definition) is 2. The van der Waals surface area contributed by atoms with Gasteiger partial charge in [0.15, 0.2) is 0 Å². The average Bonchev–Trinajstić information content (AvgIpc) is 2.40. The summed E-state index contributed by atoms with van der Waals surface area (Å²) in [5, 5.41) is 12.2. The zero-order valence-electron chi connectivity index (χ0n) is 10.3. The number of phenols is 1. The second-order valence-corrected chi connectivity index (χ2v) is 3.69. The average molecular weight is 259 g/mol. The molecule has 0 amide bonds. The Labute approximate surface area is 110 Å². The number of carbonyl (C=O) groups is 1. The third-order valence-electron chi connectivity index (χ3n) is 2.27. The normalized spacial score (nSPS) is 9.95. The first-order chi connectivity index (χ1) is 9.19. The van der Waals surface area contributed by atoms with E-state index in [2.05, 4.69) is 15.3 Å². The van der Waals surface area contributed by atoms with Crippen molar-refractivity contribution in [1.29, 1.82) is 0 Å². The van der Waals surface area contributed by atoms with E-state index in [1.165, 1.54) is 12.4 Å². The molecule has 0 radical (unpaired) electrons. The molecule has 1 heterocycles. The molecule has 2 N–H and O–H groups in total. The van der Waals surface area contributed by atoms with E-state index in [-0.39, 0.29) is 5.75 Å². The van der Waals surface area contributed by atoms with E-state index in [9.17, 15) is 9.90 Å². The molecule has 0 unspecified atom stereocenters. The molecule has 98 valence electrons. The van der Waals surface area contributed by atoms with Crippen LogP contribution in [0.25, 0.3) is 0 Å². The summed E-state index contributed by atoms with van der Waals surface area (Å²) in [5.74, 6) is 0.0261. The molecule has 2 rings (SSSR count). The van der Waals surface area contributed by atoms with Gasteiger partial charge in [-0.1, -0.05) is 6.07 Å².